The first-order valence-corrected chi connectivity index (χ1v) is 10.5. The third-order valence-electron chi connectivity index (χ3n) is 5.23. The van der Waals surface area contributed by atoms with Gasteiger partial charge in [-0.2, -0.15) is 0 Å². The number of benzene rings is 2. The van der Waals surface area contributed by atoms with E-state index in [0.29, 0.717) is 35.9 Å². The largest absolute Gasteiger partial charge is 0.492 e. The Kier molecular flexibility index (Phi) is 7.78. The molecule has 1 heterocycles. The Balaban J connectivity index is 1.33. The van der Waals surface area contributed by atoms with Crippen LogP contribution >= 0.6 is 11.6 Å². The first-order chi connectivity index (χ1) is 14.0. The molecule has 0 saturated carbocycles. The fourth-order valence-corrected chi connectivity index (χ4v) is 3.71. The Bertz CT molecular complexity index is 780. The number of carbonyl (C=O) groups excluding carboxylic acids is 1. The van der Waals surface area contributed by atoms with Crippen LogP contribution in [-0.2, 0) is 4.79 Å². The van der Waals surface area contributed by atoms with Crippen LogP contribution in [0.25, 0.3) is 0 Å². The number of aryl methyl sites for hydroxylation is 1. The van der Waals surface area contributed by atoms with E-state index in [4.69, 9.17) is 21.1 Å². The standard InChI is InChI=1S/C23H29ClN2O3/c1-17-3-7-22(8-4-17)29-16-23(27)25-14-19-13-18(2)26(15-19)11-12-28-21-9-5-20(24)6-10-21/h3-10,18-19H,11-16H2,1-2H3,(H,25,27). The van der Waals surface area contributed by atoms with Gasteiger partial charge in [-0.15, -0.1) is 0 Å². The average Bonchev–Trinajstić information content (AvgIpc) is 3.07. The summed E-state index contributed by atoms with van der Waals surface area (Å²) in [5, 5.41) is 3.71. The van der Waals surface area contributed by atoms with Gasteiger partial charge < -0.3 is 14.8 Å². The Morgan fingerprint density at radius 1 is 1.10 bits per heavy atom. The lowest BCUT2D eigenvalue weighted by Crippen LogP contribution is -2.35. The molecule has 156 valence electrons. The SMILES string of the molecule is Cc1ccc(OCC(=O)NCC2CC(C)N(CCOc3ccc(Cl)cc3)C2)cc1. The molecule has 6 heteroatoms. The van der Waals surface area contributed by atoms with Crippen molar-refractivity contribution in [3.05, 3.63) is 59.1 Å². The predicted molar refractivity (Wildman–Crippen MR) is 116 cm³/mol. The molecule has 0 radical (unpaired) electrons. The topological polar surface area (TPSA) is 50.8 Å². The van der Waals surface area contributed by atoms with E-state index in [2.05, 4.69) is 17.1 Å². The lowest BCUT2D eigenvalue weighted by atomic mass is 10.1. The zero-order valence-electron chi connectivity index (χ0n) is 17.1. The molecule has 5 nitrogen and oxygen atoms in total. The molecule has 2 aromatic carbocycles. The van der Waals surface area contributed by atoms with E-state index < -0.39 is 0 Å². The summed E-state index contributed by atoms with van der Waals surface area (Å²) >= 11 is 5.89. The first-order valence-electron chi connectivity index (χ1n) is 10.1. The average molecular weight is 417 g/mol. The summed E-state index contributed by atoms with van der Waals surface area (Å²) in [6, 6.07) is 15.6. The van der Waals surface area contributed by atoms with Crippen molar-refractivity contribution in [3.63, 3.8) is 0 Å². The van der Waals surface area contributed by atoms with E-state index in [1.54, 1.807) is 0 Å². The van der Waals surface area contributed by atoms with Crippen LogP contribution in [0.15, 0.2) is 48.5 Å². The second kappa shape index (κ2) is 10.5. The molecular weight excluding hydrogens is 388 g/mol. The van der Waals surface area contributed by atoms with E-state index in [9.17, 15) is 4.79 Å². The van der Waals surface area contributed by atoms with E-state index in [1.165, 1.54) is 5.56 Å². The van der Waals surface area contributed by atoms with E-state index >= 15 is 0 Å². The highest BCUT2D eigenvalue weighted by Gasteiger charge is 2.28. The minimum atomic E-state index is -0.0808. The monoisotopic (exact) mass is 416 g/mol. The van der Waals surface area contributed by atoms with Gasteiger partial charge in [0.15, 0.2) is 6.61 Å². The molecule has 0 aromatic heterocycles. The highest BCUT2D eigenvalue weighted by molar-refractivity contribution is 6.30. The van der Waals surface area contributed by atoms with Crippen LogP contribution in [0.1, 0.15) is 18.9 Å². The third-order valence-corrected chi connectivity index (χ3v) is 5.48. The van der Waals surface area contributed by atoms with Crippen LogP contribution in [0, 0.1) is 12.8 Å². The summed E-state index contributed by atoms with van der Waals surface area (Å²) < 4.78 is 11.3. The van der Waals surface area contributed by atoms with E-state index in [0.717, 1.165) is 25.3 Å². The Hall–Kier alpha value is -2.24. The molecule has 2 aromatic rings. The van der Waals surface area contributed by atoms with Gasteiger partial charge in [-0.1, -0.05) is 29.3 Å². The molecule has 2 unspecified atom stereocenters. The lowest BCUT2D eigenvalue weighted by Gasteiger charge is -2.21. The minimum absolute atomic E-state index is 0.0456. The van der Waals surface area contributed by atoms with Gasteiger partial charge in [0.2, 0.25) is 0 Å². The van der Waals surface area contributed by atoms with Crippen molar-refractivity contribution >= 4 is 17.5 Å². The number of nitrogens with zero attached hydrogens (tertiary/aromatic N) is 1. The predicted octanol–water partition coefficient (Wildman–Crippen LogP) is 3.93. The third kappa shape index (κ3) is 6.94. The number of hydrogen-bond donors (Lipinski definition) is 1. The fourth-order valence-electron chi connectivity index (χ4n) is 3.58. The maximum absolute atomic E-state index is 12.1. The molecular formula is C23H29ClN2O3. The Morgan fingerprint density at radius 2 is 1.76 bits per heavy atom. The number of ether oxygens (including phenoxy) is 2. The van der Waals surface area contributed by atoms with Gasteiger partial charge in [0.1, 0.15) is 18.1 Å². The summed E-state index contributed by atoms with van der Waals surface area (Å²) in [7, 11) is 0. The molecule has 0 bridgehead atoms. The molecule has 0 aliphatic carbocycles. The molecule has 1 fully saturated rings. The van der Waals surface area contributed by atoms with Crippen molar-refractivity contribution in [1.82, 2.24) is 10.2 Å². The van der Waals surface area contributed by atoms with Crippen molar-refractivity contribution in [2.45, 2.75) is 26.3 Å². The quantitative estimate of drug-likeness (QED) is 0.672. The van der Waals surface area contributed by atoms with Gasteiger partial charge in [-0.25, -0.2) is 0 Å². The molecule has 1 N–H and O–H groups in total. The van der Waals surface area contributed by atoms with Crippen molar-refractivity contribution in [1.29, 1.82) is 0 Å². The van der Waals surface area contributed by atoms with E-state index in [-0.39, 0.29) is 12.5 Å². The molecule has 0 spiro atoms. The zero-order valence-corrected chi connectivity index (χ0v) is 17.8. The van der Waals surface area contributed by atoms with Crippen molar-refractivity contribution in [2.24, 2.45) is 5.92 Å². The normalized spacial score (nSPS) is 19.1. The van der Waals surface area contributed by atoms with Crippen molar-refractivity contribution in [2.75, 3.05) is 32.8 Å². The smallest absolute Gasteiger partial charge is 0.257 e. The molecule has 29 heavy (non-hydrogen) atoms. The number of hydrogen-bond acceptors (Lipinski definition) is 4. The fraction of sp³-hybridized carbons (Fsp3) is 0.435. The van der Waals surface area contributed by atoms with Crippen LogP contribution in [0.2, 0.25) is 5.02 Å². The Labute approximate surface area is 177 Å². The molecule has 3 rings (SSSR count). The van der Waals surface area contributed by atoms with Gasteiger partial charge >= 0.3 is 0 Å². The van der Waals surface area contributed by atoms with Gasteiger partial charge in [-0.05, 0) is 62.6 Å². The summed E-state index contributed by atoms with van der Waals surface area (Å²) in [6.07, 6.45) is 1.07. The number of rotatable bonds is 9. The first kappa shape index (κ1) is 21.5. The second-order valence-corrected chi connectivity index (χ2v) is 8.09. The molecule has 2 atom stereocenters. The van der Waals surface area contributed by atoms with Crippen LogP contribution in [0.3, 0.4) is 0 Å². The zero-order chi connectivity index (χ0) is 20.6. The van der Waals surface area contributed by atoms with Crippen LogP contribution < -0.4 is 14.8 Å². The second-order valence-electron chi connectivity index (χ2n) is 7.65. The maximum Gasteiger partial charge on any atom is 0.257 e. The summed E-state index contributed by atoms with van der Waals surface area (Å²) in [4.78, 5) is 14.5. The van der Waals surface area contributed by atoms with Crippen LogP contribution in [0.4, 0.5) is 0 Å². The van der Waals surface area contributed by atoms with Gasteiger partial charge in [0.25, 0.3) is 5.91 Å². The van der Waals surface area contributed by atoms with Gasteiger partial charge in [0.05, 0.1) is 0 Å². The highest BCUT2D eigenvalue weighted by Crippen LogP contribution is 2.22. The van der Waals surface area contributed by atoms with Crippen LogP contribution in [0.5, 0.6) is 11.5 Å². The van der Waals surface area contributed by atoms with Crippen molar-refractivity contribution < 1.29 is 14.3 Å². The summed E-state index contributed by atoms with van der Waals surface area (Å²) in [6.45, 7) is 7.43. The number of amides is 1. The summed E-state index contributed by atoms with van der Waals surface area (Å²) in [5.74, 6) is 1.91. The molecule has 1 amide bonds. The maximum atomic E-state index is 12.1. The number of halogens is 1. The van der Waals surface area contributed by atoms with Gasteiger partial charge in [-0.3, -0.25) is 9.69 Å². The molecule has 1 aliphatic rings. The molecule has 1 saturated heterocycles. The number of likely N-dealkylation sites (tertiary alicyclic amines) is 1. The lowest BCUT2D eigenvalue weighted by molar-refractivity contribution is -0.123. The summed E-state index contributed by atoms with van der Waals surface area (Å²) in [5.41, 5.74) is 1.17. The van der Waals surface area contributed by atoms with Crippen LogP contribution in [-0.4, -0.2) is 49.7 Å². The number of nitrogens with one attached hydrogen (secondary N) is 1. The Morgan fingerprint density at radius 3 is 2.48 bits per heavy atom. The number of carbonyl (C=O) groups is 1. The van der Waals surface area contributed by atoms with E-state index in [1.807, 2.05) is 55.5 Å². The van der Waals surface area contributed by atoms with Crippen molar-refractivity contribution in [3.8, 4) is 11.5 Å². The van der Waals surface area contributed by atoms with Gasteiger partial charge in [0, 0.05) is 30.7 Å². The highest BCUT2D eigenvalue weighted by atomic mass is 35.5. The molecule has 1 aliphatic heterocycles. The minimum Gasteiger partial charge on any atom is -0.492 e.